The van der Waals surface area contributed by atoms with Gasteiger partial charge in [-0.25, -0.2) is 4.39 Å². The van der Waals surface area contributed by atoms with E-state index in [-0.39, 0.29) is 11.9 Å². The summed E-state index contributed by atoms with van der Waals surface area (Å²) < 4.78 is 12.7. The van der Waals surface area contributed by atoms with E-state index in [0.29, 0.717) is 0 Å². The lowest BCUT2D eigenvalue weighted by atomic mass is 10.1. The van der Waals surface area contributed by atoms with Gasteiger partial charge in [-0.1, -0.05) is 18.8 Å². The van der Waals surface area contributed by atoms with Gasteiger partial charge < -0.3 is 5.73 Å². The Morgan fingerprint density at radius 1 is 1.50 bits per heavy atom. The van der Waals surface area contributed by atoms with E-state index in [4.69, 9.17) is 5.73 Å². The molecule has 1 atom stereocenters. The molecule has 1 unspecified atom stereocenters. The van der Waals surface area contributed by atoms with Gasteiger partial charge in [-0.15, -0.1) is 0 Å². The molecule has 0 aromatic heterocycles. The second-order valence-electron chi connectivity index (χ2n) is 3.24. The topological polar surface area (TPSA) is 26.0 Å². The molecule has 0 aliphatic carbocycles. The normalized spacial score (nSPS) is 11.7. The quantitative estimate of drug-likeness (QED) is 0.677. The number of halogens is 1. The minimum Gasteiger partial charge on any atom is -0.318 e. The molecule has 14 heavy (non-hydrogen) atoms. The summed E-state index contributed by atoms with van der Waals surface area (Å²) in [5.41, 5.74) is 7.34. The maximum atomic E-state index is 12.7. The standard InChI is InChI=1S/C12H14FN/c1-3-12(14)7-5-10-4-6-11(13)8-9(10)2/h4,6,8,12H,3,14H2,1-2H3. The molecule has 2 N–H and O–H groups in total. The van der Waals surface area contributed by atoms with Crippen molar-refractivity contribution >= 4 is 0 Å². The molecule has 0 spiro atoms. The van der Waals surface area contributed by atoms with E-state index < -0.39 is 0 Å². The first-order valence-electron chi connectivity index (χ1n) is 4.66. The minimum absolute atomic E-state index is 0.0977. The van der Waals surface area contributed by atoms with Gasteiger partial charge in [-0.2, -0.15) is 0 Å². The van der Waals surface area contributed by atoms with Crippen molar-refractivity contribution in [2.24, 2.45) is 5.73 Å². The molecule has 0 radical (unpaired) electrons. The third kappa shape index (κ3) is 2.86. The first-order valence-corrected chi connectivity index (χ1v) is 4.66. The van der Waals surface area contributed by atoms with Crippen LogP contribution in [0.1, 0.15) is 24.5 Å². The summed E-state index contributed by atoms with van der Waals surface area (Å²) in [6, 6.07) is 4.47. The van der Waals surface area contributed by atoms with Crippen molar-refractivity contribution in [2.45, 2.75) is 26.3 Å². The molecule has 0 amide bonds. The van der Waals surface area contributed by atoms with Crippen LogP contribution in [-0.2, 0) is 0 Å². The first kappa shape index (κ1) is 10.7. The molecule has 0 aliphatic heterocycles. The zero-order valence-electron chi connectivity index (χ0n) is 8.47. The Bertz CT molecular complexity index is 374. The largest absolute Gasteiger partial charge is 0.318 e. The van der Waals surface area contributed by atoms with Crippen molar-refractivity contribution in [2.75, 3.05) is 0 Å². The summed E-state index contributed by atoms with van der Waals surface area (Å²) in [6.07, 6.45) is 0.827. The van der Waals surface area contributed by atoms with Gasteiger partial charge in [0.1, 0.15) is 5.82 Å². The van der Waals surface area contributed by atoms with E-state index >= 15 is 0 Å². The second kappa shape index (κ2) is 4.78. The van der Waals surface area contributed by atoms with Crippen molar-refractivity contribution in [1.82, 2.24) is 0 Å². The van der Waals surface area contributed by atoms with Crippen LogP contribution in [0.15, 0.2) is 18.2 Å². The van der Waals surface area contributed by atoms with Crippen molar-refractivity contribution in [3.05, 3.63) is 35.1 Å². The van der Waals surface area contributed by atoms with Gasteiger partial charge in [0.05, 0.1) is 6.04 Å². The molecule has 0 saturated heterocycles. The summed E-state index contributed by atoms with van der Waals surface area (Å²) in [6.45, 7) is 3.82. The smallest absolute Gasteiger partial charge is 0.123 e. The van der Waals surface area contributed by atoms with Crippen molar-refractivity contribution < 1.29 is 4.39 Å². The Morgan fingerprint density at radius 3 is 2.79 bits per heavy atom. The van der Waals surface area contributed by atoms with Crippen LogP contribution in [0, 0.1) is 24.6 Å². The summed E-state index contributed by atoms with van der Waals surface area (Å²) in [7, 11) is 0. The average Bonchev–Trinajstić information content (AvgIpc) is 2.16. The highest BCUT2D eigenvalue weighted by Gasteiger charge is 1.96. The van der Waals surface area contributed by atoms with Crippen molar-refractivity contribution in [1.29, 1.82) is 0 Å². The van der Waals surface area contributed by atoms with Crippen LogP contribution >= 0.6 is 0 Å². The molecular formula is C12H14FN. The van der Waals surface area contributed by atoms with Crippen LogP contribution in [0.4, 0.5) is 4.39 Å². The minimum atomic E-state index is -0.229. The molecule has 0 aliphatic rings. The molecule has 1 nitrogen and oxygen atoms in total. The highest BCUT2D eigenvalue weighted by molar-refractivity contribution is 5.41. The van der Waals surface area contributed by atoms with E-state index in [1.165, 1.54) is 12.1 Å². The van der Waals surface area contributed by atoms with Gasteiger partial charge in [0.2, 0.25) is 0 Å². The van der Waals surface area contributed by atoms with Crippen LogP contribution in [0.3, 0.4) is 0 Å². The molecule has 74 valence electrons. The van der Waals surface area contributed by atoms with E-state index in [2.05, 4.69) is 11.8 Å². The van der Waals surface area contributed by atoms with Gasteiger partial charge in [-0.3, -0.25) is 0 Å². The molecule has 2 heteroatoms. The van der Waals surface area contributed by atoms with Crippen molar-refractivity contribution in [3.63, 3.8) is 0 Å². The molecule has 1 aromatic carbocycles. The Morgan fingerprint density at radius 2 is 2.21 bits per heavy atom. The van der Waals surface area contributed by atoms with Crippen LogP contribution in [-0.4, -0.2) is 6.04 Å². The van der Waals surface area contributed by atoms with Gasteiger partial charge in [0, 0.05) is 5.56 Å². The fraction of sp³-hybridized carbons (Fsp3) is 0.333. The Labute approximate surface area is 84.1 Å². The van der Waals surface area contributed by atoms with Crippen LogP contribution in [0.25, 0.3) is 0 Å². The van der Waals surface area contributed by atoms with Gasteiger partial charge in [0.15, 0.2) is 0 Å². The average molecular weight is 191 g/mol. The van der Waals surface area contributed by atoms with E-state index in [1.807, 2.05) is 13.8 Å². The Balaban J connectivity index is 2.90. The first-order chi connectivity index (χ1) is 6.63. The number of aryl methyl sites for hydroxylation is 1. The lowest BCUT2D eigenvalue weighted by Gasteiger charge is -1.99. The zero-order chi connectivity index (χ0) is 10.6. The lowest BCUT2D eigenvalue weighted by molar-refractivity contribution is 0.626. The molecule has 0 saturated carbocycles. The van der Waals surface area contributed by atoms with Gasteiger partial charge in [-0.05, 0) is 37.1 Å². The lowest BCUT2D eigenvalue weighted by Crippen LogP contribution is -2.15. The van der Waals surface area contributed by atoms with Crippen LogP contribution in [0.5, 0.6) is 0 Å². The molecule has 1 aromatic rings. The van der Waals surface area contributed by atoms with Crippen molar-refractivity contribution in [3.8, 4) is 11.8 Å². The number of hydrogen-bond donors (Lipinski definition) is 1. The highest BCUT2D eigenvalue weighted by atomic mass is 19.1. The predicted octanol–water partition coefficient (Wildman–Crippen LogP) is 2.22. The van der Waals surface area contributed by atoms with Gasteiger partial charge >= 0.3 is 0 Å². The molecule has 0 heterocycles. The Hall–Kier alpha value is -1.33. The summed E-state index contributed by atoms with van der Waals surface area (Å²) in [5.74, 6) is 5.63. The van der Waals surface area contributed by atoms with E-state index in [9.17, 15) is 4.39 Å². The predicted molar refractivity (Wildman–Crippen MR) is 56.3 cm³/mol. The van der Waals surface area contributed by atoms with Crippen LogP contribution < -0.4 is 5.73 Å². The molecular weight excluding hydrogens is 177 g/mol. The second-order valence-corrected chi connectivity index (χ2v) is 3.24. The third-order valence-corrected chi connectivity index (χ3v) is 2.02. The molecule has 0 bridgehead atoms. The number of benzene rings is 1. The summed E-state index contributed by atoms with van der Waals surface area (Å²) in [4.78, 5) is 0. The number of nitrogens with two attached hydrogens (primary N) is 1. The molecule has 0 fully saturated rings. The van der Waals surface area contributed by atoms with Gasteiger partial charge in [0.25, 0.3) is 0 Å². The van der Waals surface area contributed by atoms with E-state index in [0.717, 1.165) is 17.5 Å². The number of hydrogen-bond acceptors (Lipinski definition) is 1. The number of rotatable bonds is 1. The van der Waals surface area contributed by atoms with Crippen LogP contribution in [0.2, 0.25) is 0 Å². The maximum Gasteiger partial charge on any atom is 0.123 e. The van der Waals surface area contributed by atoms with E-state index in [1.54, 1.807) is 6.07 Å². The molecule has 1 rings (SSSR count). The fourth-order valence-corrected chi connectivity index (χ4v) is 1.04. The third-order valence-electron chi connectivity index (χ3n) is 2.02. The zero-order valence-corrected chi connectivity index (χ0v) is 8.47. The highest BCUT2D eigenvalue weighted by Crippen LogP contribution is 2.08. The SMILES string of the molecule is CCC(N)C#Cc1ccc(F)cc1C. The maximum absolute atomic E-state index is 12.7. The summed E-state index contributed by atoms with van der Waals surface area (Å²) >= 11 is 0. The summed E-state index contributed by atoms with van der Waals surface area (Å²) in [5, 5.41) is 0. The monoisotopic (exact) mass is 191 g/mol. The fourth-order valence-electron chi connectivity index (χ4n) is 1.04. The Kier molecular flexibility index (Phi) is 3.67.